The summed E-state index contributed by atoms with van der Waals surface area (Å²) < 4.78 is 27.6. The van der Waals surface area contributed by atoms with Gasteiger partial charge in [-0.25, -0.2) is 8.42 Å². The monoisotopic (exact) mass is 519 g/mol. The van der Waals surface area contributed by atoms with Gasteiger partial charge in [0.25, 0.3) is 21.8 Å². The van der Waals surface area contributed by atoms with Crippen LogP contribution < -0.4 is 15.4 Å². The number of hydrogen-bond donors (Lipinski definition) is 3. The highest BCUT2D eigenvalue weighted by Crippen LogP contribution is 2.26. The Morgan fingerprint density at radius 3 is 2.06 bits per heavy atom. The lowest BCUT2D eigenvalue weighted by Crippen LogP contribution is -2.24. The first-order valence-corrected chi connectivity index (χ1v) is 12.8. The van der Waals surface area contributed by atoms with E-state index in [9.17, 15) is 18.0 Å². The number of carbonyl (C=O) groups excluding carboxylic acids is 2. The molecule has 3 N–H and O–H groups in total. The van der Waals surface area contributed by atoms with Gasteiger partial charge in [0.15, 0.2) is 0 Å². The fourth-order valence-corrected chi connectivity index (χ4v) is 4.79. The average molecular weight is 520 g/mol. The van der Waals surface area contributed by atoms with Crippen LogP contribution in [0.2, 0.25) is 5.02 Å². The molecule has 0 spiro atoms. The van der Waals surface area contributed by atoms with Crippen LogP contribution in [-0.2, 0) is 16.6 Å². The van der Waals surface area contributed by atoms with Crippen molar-refractivity contribution in [3.63, 3.8) is 0 Å². The summed E-state index contributed by atoms with van der Waals surface area (Å²) in [6, 6.07) is 28.2. The Morgan fingerprint density at radius 1 is 0.722 bits per heavy atom. The van der Waals surface area contributed by atoms with E-state index in [0.717, 1.165) is 5.56 Å². The summed E-state index contributed by atoms with van der Waals surface area (Å²) in [6.45, 7) is 0.345. The standard InChI is InChI=1S/C27H22ClN3O4S/c28-23-17-20(15-16-25(23)31-36(34,35)21-11-5-2-6-12-21)26(32)30-24-14-8-7-13-22(24)27(33)29-18-19-9-3-1-4-10-19/h1-17,31H,18H2,(H,29,33)(H,30,32). The minimum atomic E-state index is -3.84. The van der Waals surface area contributed by atoms with Crippen LogP contribution in [0.4, 0.5) is 11.4 Å². The van der Waals surface area contributed by atoms with E-state index >= 15 is 0 Å². The van der Waals surface area contributed by atoms with Gasteiger partial charge in [-0.15, -0.1) is 0 Å². The molecule has 0 unspecified atom stereocenters. The van der Waals surface area contributed by atoms with Crippen LogP contribution in [0.5, 0.6) is 0 Å². The fraction of sp³-hybridized carbons (Fsp3) is 0.0370. The zero-order valence-electron chi connectivity index (χ0n) is 18.9. The Balaban J connectivity index is 1.46. The molecule has 0 atom stereocenters. The van der Waals surface area contributed by atoms with Crippen LogP contribution in [0.25, 0.3) is 0 Å². The molecule has 0 aliphatic rings. The third-order valence-corrected chi connectivity index (χ3v) is 6.94. The third kappa shape index (κ3) is 6.10. The van der Waals surface area contributed by atoms with Crippen LogP contribution in [-0.4, -0.2) is 20.2 Å². The predicted molar refractivity (Wildman–Crippen MR) is 141 cm³/mol. The van der Waals surface area contributed by atoms with Gasteiger partial charge < -0.3 is 10.6 Å². The second-order valence-corrected chi connectivity index (χ2v) is 9.87. The molecular formula is C27H22ClN3O4S. The van der Waals surface area contributed by atoms with E-state index in [-0.39, 0.29) is 27.1 Å². The Bertz CT molecular complexity index is 1490. The van der Waals surface area contributed by atoms with Gasteiger partial charge >= 0.3 is 0 Å². The summed E-state index contributed by atoms with van der Waals surface area (Å²) in [7, 11) is -3.84. The summed E-state index contributed by atoms with van der Waals surface area (Å²) in [5, 5.41) is 5.63. The number of anilines is 2. The molecule has 0 aliphatic heterocycles. The van der Waals surface area contributed by atoms with E-state index in [1.807, 2.05) is 30.3 Å². The molecule has 0 aliphatic carbocycles. The van der Waals surface area contributed by atoms with Gasteiger partial charge in [-0.05, 0) is 48.0 Å². The van der Waals surface area contributed by atoms with Crippen molar-refractivity contribution in [3.05, 3.63) is 125 Å². The first kappa shape index (κ1) is 25.0. The van der Waals surface area contributed by atoms with Crippen molar-refractivity contribution in [1.82, 2.24) is 5.32 Å². The first-order chi connectivity index (χ1) is 17.3. The molecule has 0 saturated carbocycles. The molecule has 4 aromatic carbocycles. The van der Waals surface area contributed by atoms with Crippen LogP contribution in [0.1, 0.15) is 26.3 Å². The lowest BCUT2D eigenvalue weighted by atomic mass is 10.1. The van der Waals surface area contributed by atoms with Crippen molar-refractivity contribution in [2.75, 3.05) is 10.0 Å². The summed E-state index contributed by atoms with van der Waals surface area (Å²) in [6.07, 6.45) is 0. The molecule has 0 aromatic heterocycles. The number of halogens is 1. The maximum Gasteiger partial charge on any atom is 0.261 e. The van der Waals surface area contributed by atoms with Gasteiger partial charge in [0, 0.05) is 12.1 Å². The van der Waals surface area contributed by atoms with Gasteiger partial charge in [0.05, 0.1) is 26.9 Å². The van der Waals surface area contributed by atoms with E-state index in [1.165, 1.54) is 30.3 Å². The second-order valence-electron chi connectivity index (χ2n) is 7.78. The SMILES string of the molecule is O=C(Nc1ccccc1C(=O)NCc1ccccc1)c1ccc(NS(=O)(=O)c2ccccc2)c(Cl)c1. The van der Waals surface area contributed by atoms with Gasteiger partial charge in [-0.2, -0.15) is 0 Å². The van der Waals surface area contributed by atoms with Gasteiger partial charge in [0.2, 0.25) is 0 Å². The minimum absolute atomic E-state index is 0.0519. The molecule has 0 fully saturated rings. The average Bonchev–Trinajstić information content (AvgIpc) is 2.90. The molecule has 0 radical (unpaired) electrons. The van der Waals surface area contributed by atoms with Crippen molar-refractivity contribution >= 4 is 44.8 Å². The number of benzene rings is 4. The molecule has 0 saturated heterocycles. The van der Waals surface area contributed by atoms with Crippen LogP contribution in [0.15, 0.2) is 108 Å². The van der Waals surface area contributed by atoms with E-state index in [1.54, 1.807) is 42.5 Å². The highest BCUT2D eigenvalue weighted by Gasteiger charge is 2.18. The van der Waals surface area contributed by atoms with E-state index in [4.69, 9.17) is 11.6 Å². The number of hydrogen-bond acceptors (Lipinski definition) is 4. The van der Waals surface area contributed by atoms with Gasteiger partial charge in [-0.1, -0.05) is 72.3 Å². The Hall–Kier alpha value is -4.14. The third-order valence-electron chi connectivity index (χ3n) is 5.24. The molecular weight excluding hydrogens is 498 g/mol. The van der Waals surface area contributed by atoms with E-state index < -0.39 is 15.9 Å². The summed E-state index contributed by atoms with van der Waals surface area (Å²) in [4.78, 5) is 25.7. The number of nitrogens with one attached hydrogen (secondary N) is 3. The summed E-state index contributed by atoms with van der Waals surface area (Å²) in [5.74, 6) is -0.837. The Morgan fingerprint density at radius 2 is 1.36 bits per heavy atom. The zero-order valence-corrected chi connectivity index (χ0v) is 20.5. The van der Waals surface area contributed by atoms with Crippen LogP contribution in [0, 0.1) is 0 Å². The molecule has 4 aromatic rings. The Labute approximate surface area is 214 Å². The fourth-order valence-electron chi connectivity index (χ4n) is 3.40. The van der Waals surface area contributed by atoms with Crippen LogP contribution >= 0.6 is 11.6 Å². The largest absolute Gasteiger partial charge is 0.348 e. The predicted octanol–water partition coefficient (Wildman–Crippen LogP) is 5.32. The normalized spacial score (nSPS) is 10.9. The number of carbonyl (C=O) groups is 2. The zero-order chi connectivity index (χ0) is 25.5. The molecule has 9 heteroatoms. The van der Waals surface area contributed by atoms with E-state index in [2.05, 4.69) is 15.4 Å². The summed E-state index contributed by atoms with van der Waals surface area (Å²) >= 11 is 6.28. The Kier molecular flexibility index (Phi) is 7.68. The highest BCUT2D eigenvalue weighted by atomic mass is 35.5. The summed E-state index contributed by atoms with van der Waals surface area (Å²) in [5.41, 5.74) is 1.92. The van der Waals surface area contributed by atoms with Crippen molar-refractivity contribution in [2.24, 2.45) is 0 Å². The quantitative estimate of drug-likeness (QED) is 0.293. The number of amides is 2. The van der Waals surface area contributed by atoms with Crippen molar-refractivity contribution < 1.29 is 18.0 Å². The molecule has 0 heterocycles. The molecule has 2 amide bonds. The number of sulfonamides is 1. The van der Waals surface area contributed by atoms with E-state index in [0.29, 0.717) is 17.8 Å². The van der Waals surface area contributed by atoms with Crippen molar-refractivity contribution in [2.45, 2.75) is 11.4 Å². The highest BCUT2D eigenvalue weighted by molar-refractivity contribution is 7.92. The molecule has 36 heavy (non-hydrogen) atoms. The lowest BCUT2D eigenvalue weighted by Gasteiger charge is -2.13. The van der Waals surface area contributed by atoms with Gasteiger partial charge in [0.1, 0.15) is 0 Å². The number of para-hydroxylation sites is 1. The van der Waals surface area contributed by atoms with Gasteiger partial charge in [-0.3, -0.25) is 14.3 Å². The lowest BCUT2D eigenvalue weighted by molar-refractivity contribution is 0.0951. The molecule has 4 rings (SSSR count). The van der Waals surface area contributed by atoms with Crippen LogP contribution in [0.3, 0.4) is 0 Å². The van der Waals surface area contributed by atoms with Crippen molar-refractivity contribution in [1.29, 1.82) is 0 Å². The second kappa shape index (κ2) is 11.1. The topological polar surface area (TPSA) is 104 Å². The molecule has 182 valence electrons. The van der Waals surface area contributed by atoms with Crippen molar-refractivity contribution in [3.8, 4) is 0 Å². The molecule has 0 bridgehead atoms. The maximum atomic E-state index is 12.9. The smallest absolute Gasteiger partial charge is 0.261 e. The first-order valence-electron chi connectivity index (χ1n) is 10.9. The maximum absolute atomic E-state index is 12.9. The minimum Gasteiger partial charge on any atom is -0.348 e. The molecule has 7 nitrogen and oxygen atoms in total. The number of rotatable bonds is 8.